The molecule has 3 rings (SSSR count). The van der Waals surface area contributed by atoms with Crippen molar-refractivity contribution in [2.45, 2.75) is 0 Å². The number of nitrogens with zero attached hydrogens (tertiary/aromatic N) is 4. The van der Waals surface area contributed by atoms with E-state index >= 15 is 0 Å². The maximum Gasteiger partial charge on any atom is 0.173 e. The van der Waals surface area contributed by atoms with Crippen molar-refractivity contribution in [2.75, 3.05) is 48.8 Å². The first kappa shape index (κ1) is 13.6. The number of nitrogens with two attached hydrogens (primary N) is 1. The topological polar surface area (TPSA) is 59.5 Å². The Morgan fingerprint density at radius 1 is 1.05 bits per heavy atom. The molecule has 0 bridgehead atoms. The van der Waals surface area contributed by atoms with Gasteiger partial charge in [0.2, 0.25) is 0 Å². The van der Waals surface area contributed by atoms with Crippen LogP contribution in [0.25, 0.3) is 0 Å². The molecule has 21 heavy (non-hydrogen) atoms. The molecule has 1 saturated heterocycles. The summed E-state index contributed by atoms with van der Waals surface area (Å²) in [5, 5.41) is 4.44. The van der Waals surface area contributed by atoms with E-state index in [0.717, 1.165) is 43.4 Å². The third-order valence-corrected chi connectivity index (χ3v) is 3.85. The zero-order valence-electron chi connectivity index (χ0n) is 12.5. The SMILES string of the molecule is COc1ccc(N2CCN(c3nn(C)cc3N)CC2)cc1. The van der Waals surface area contributed by atoms with Gasteiger partial charge in [0.15, 0.2) is 5.82 Å². The van der Waals surface area contributed by atoms with Crippen molar-refractivity contribution < 1.29 is 4.74 Å². The largest absolute Gasteiger partial charge is 0.497 e. The molecule has 1 aromatic carbocycles. The van der Waals surface area contributed by atoms with Gasteiger partial charge in [-0.1, -0.05) is 0 Å². The Morgan fingerprint density at radius 2 is 1.67 bits per heavy atom. The highest BCUT2D eigenvalue weighted by Gasteiger charge is 2.20. The molecule has 0 spiro atoms. The van der Waals surface area contributed by atoms with Crippen molar-refractivity contribution in [1.82, 2.24) is 9.78 Å². The lowest BCUT2D eigenvalue weighted by atomic mass is 10.2. The summed E-state index contributed by atoms with van der Waals surface area (Å²) in [6.07, 6.45) is 1.85. The molecule has 2 heterocycles. The molecule has 6 heteroatoms. The van der Waals surface area contributed by atoms with E-state index in [1.165, 1.54) is 5.69 Å². The van der Waals surface area contributed by atoms with E-state index in [-0.39, 0.29) is 0 Å². The lowest BCUT2D eigenvalue weighted by Crippen LogP contribution is -2.46. The van der Waals surface area contributed by atoms with E-state index < -0.39 is 0 Å². The first-order valence-electron chi connectivity index (χ1n) is 7.10. The van der Waals surface area contributed by atoms with Crippen LogP contribution in [0.5, 0.6) is 5.75 Å². The Hall–Kier alpha value is -2.37. The van der Waals surface area contributed by atoms with Gasteiger partial charge in [0, 0.05) is 45.1 Å². The number of ether oxygens (including phenoxy) is 1. The lowest BCUT2D eigenvalue weighted by molar-refractivity contribution is 0.415. The molecule has 112 valence electrons. The third-order valence-electron chi connectivity index (χ3n) is 3.85. The zero-order valence-corrected chi connectivity index (χ0v) is 12.5. The van der Waals surface area contributed by atoms with Gasteiger partial charge >= 0.3 is 0 Å². The van der Waals surface area contributed by atoms with Crippen LogP contribution >= 0.6 is 0 Å². The fraction of sp³-hybridized carbons (Fsp3) is 0.400. The number of methoxy groups -OCH3 is 1. The number of aromatic nitrogens is 2. The smallest absolute Gasteiger partial charge is 0.173 e. The van der Waals surface area contributed by atoms with Crippen LogP contribution in [0.4, 0.5) is 17.2 Å². The molecule has 0 aliphatic carbocycles. The summed E-state index contributed by atoms with van der Waals surface area (Å²) in [4.78, 5) is 4.62. The molecule has 2 aromatic rings. The molecule has 0 atom stereocenters. The van der Waals surface area contributed by atoms with Crippen molar-refractivity contribution in [3.05, 3.63) is 30.5 Å². The number of rotatable bonds is 3. The second kappa shape index (κ2) is 5.55. The molecular formula is C15H21N5O. The third kappa shape index (κ3) is 2.74. The van der Waals surface area contributed by atoms with Crippen molar-refractivity contribution in [2.24, 2.45) is 7.05 Å². The normalized spacial score (nSPS) is 15.3. The lowest BCUT2D eigenvalue weighted by Gasteiger charge is -2.36. The molecular weight excluding hydrogens is 266 g/mol. The Morgan fingerprint density at radius 3 is 2.19 bits per heavy atom. The summed E-state index contributed by atoms with van der Waals surface area (Å²) in [6, 6.07) is 8.20. The van der Waals surface area contributed by atoms with E-state index in [9.17, 15) is 0 Å². The van der Waals surface area contributed by atoms with Gasteiger partial charge in [-0.25, -0.2) is 0 Å². The van der Waals surface area contributed by atoms with Crippen LogP contribution in [0, 0.1) is 0 Å². The quantitative estimate of drug-likeness (QED) is 0.923. The predicted molar refractivity (Wildman–Crippen MR) is 85.0 cm³/mol. The van der Waals surface area contributed by atoms with E-state index in [2.05, 4.69) is 27.0 Å². The second-order valence-electron chi connectivity index (χ2n) is 5.25. The summed E-state index contributed by atoms with van der Waals surface area (Å²) in [6.45, 7) is 3.77. The van der Waals surface area contributed by atoms with Gasteiger partial charge in [0.05, 0.1) is 12.8 Å². The van der Waals surface area contributed by atoms with Crippen LogP contribution < -0.4 is 20.3 Å². The van der Waals surface area contributed by atoms with E-state index in [1.54, 1.807) is 11.8 Å². The predicted octanol–water partition coefficient (Wildman–Crippen LogP) is 1.34. The average molecular weight is 287 g/mol. The van der Waals surface area contributed by atoms with Crippen LogP contribution in [0.3, 0.4) is 0 Å². The van der Waals surface area contributed by atoms with Crippen LogP contribution in [-0.2, 0) is 7.05 Å². The number of piperazine rings is 1. The van der Waals surface area contributed by atoms with Gasteiger partial charge in [0.1, 0.15) is 5.75 Å². The fourth-order valence-corrected chi connectivity index (χ4v) is 2.71. The zero-order chi connectivity index (χ0) is 14.8. The van der Waals surface area contributed by atoms with E-state index in [0.29, 0.717) is 0 Å². The fourth-order valence-electron chi connectivity index (χ4n) is 2.71. The number of aryl methyl sites for hydroxylation is 1. The summed E-state index contributed by atoms with van der Waals surface area (Å²) in [7, 11) is 3.58. The van der Waals surface area contributed by atoms with Gasteiger partial charge in [-0.05, 0) is 24.3 Å². The van der Waals surface area contributed by atoms with Crippen molar-refractivity contribution in [3.8, 4) is 5.75 Å². The number of nitrogen functional groups attached to an aromatic ring is 1. The highest BCUT2D eigenvalue weighted by molar-refractivity contribution is 5.62. The van der Waals surface area contributed by atoms with Gasteiger partial charge in [-0.15, -0.1) is 0 Å². The molecule has 1 aliphatic rings. The monoisotopic (exact) mass is 287 g/mol. The molecule has 0 amide bonds. The molecule has 2 N–H and O–H groups in total. The summed E-state index contributed by atoms with van der Waals surface area (Å²) < 4.78 is 6.96. The van der Waals surface area contributed by atoms with Gasteiger partial charge in [-0.3, -0.25) is 4.68 Å². The number of hydrogen-bond acceptors (Lipinski definition) is 5. The summed E-state index contributed by atoms with van der Waals surface area (Å²) >= 11 is 0. The first-order chi connectivity index (χ1) is 10.2. The van der Waals surface area contributed by atoms with Crippen LogP contribution in [0.2, 0.25) is 0 Å². The average Bonchev–Trinajstić information content (AvgIpc) is 2.86. The molecule has 6 nitrogen and oxygen atoms in total. The second-order valence-corrected chi connectivity index (χ2v) is 5.25. The van der Waals surface area contributed by atoms with Crippen molar-refractivity contribution in [3.63, 3.8) is 0 Å². The van der Waals surface area contributed by atoms with Crippen LogP contribution in [0.1, 0.15) is 0 Å². The maximum absolute atomic E-state index is 6.00. The number of hydrogen-bond donors (Lipinski definition) is 1. The summed E-state index contributed by atoms with van der Waals surface area (Å²) in [5.41, 5.74) is 7.97. The van der Waals surface area contributed by atoms with Crippen molar-refractivity contribution in [1.29, 1.82) is 0 Å². The molecule has 0 unspecified atom stereocenters. The van der Waals surface area contributed by atoms with Gasteiger partial charge in [-0.2, -0.15) is 5.10 Å². The Bertz CT molecular complexity index is 599. The Kier molecular flexibility index (Phi) is 3.60. The van der Waals surface area contributed by atoms with E-state index in [1.807, 2.05) is 25.4 Å². The van der Waals surface area contributed by atoms with Crippen LogP contribution in [-0.4, -0.2) is 43.1 Å². The highest BCUT2D eigenvalue weighted by atomic mass is 16.5. The van der Waals surface area contributed by atoms with Gasteiger partial charge < -0.3 is 20.3 Å². The standard InChI is InChI=1S/C15H21N5O/c1-18-11-14(16)15(17-18)20-9-7-19(8-10-20)12-3-5-13(21-2)6-4-12/h3-6,11H,7-10,16H2,1-2H3. The highest BCUT2D eigenvalue weighted by Crippen LogP contribution is 2.24. The van der Waals surface area contributed by atoms with Crippen LogP contribution in [0.15, 0.2) is 30.5 Å². The van der Waals surface area contributed by atoms with E-state index in [4.69, 9.17) is 10.5 Å². The minimum atomic E-state index is 0.746. The summed E-state index contributed by atoms with van der Waals surface area (Å²) in [5.74, 6) is 1.78. The Labute approximate surface area is 124 Å². The minimum absolute atomic E-state index is 0.746. The van der Waals surface area contributed by atoms with Gasteiger partial charge in [0.25, 0.3) is 0 Å². The molecule has 0 radical (unpaired) electrons. The molecule has 1 fully saturated rings. The number of anilines is 3. The molecule has 0 saturated carbocycles. The number of benzene rings is 1. The maximum atomic E-state index is 6.00. The molecule has 1 aliphatic heterocycles. The minimum Gasteiger partial charge on any atom is -0.497 e. The van der Waals surface area contributed by atoms with Crippen molar-refractivity contribution >= 4 is 17.2 Å². The Balaban J connectivity index is 1.65. The molecule has 1 aromatic heterocycles. The first-order valence-corrected chi connectivity index (χ1v) is 7.10.